The molecule has 0 aromatic heterocycles. The van der Waals surface area contributed by atoms with Crippen LogP contribution in [0.3, 0.4) is 0 Å². The fourth-order valence-electron chi connectivity index (χ4n) is 1.99. The van der Waals surface area contributed by atoms with E-state index in [4.69, 9.17) is 17.3 Å². The van der Waals surface area contributed by atoms with E-state index in [1.807, 2.05) is 24.3 Å². The zero-order chi connectivity index (χ0) is 13.8. The van der Waals surface area contributed by atoms with Crippen LogP contribution < -0.4 is 5.73 Å². The SMILES string of the molecule is NC(Cc1ccc(F)c(Cl)c1)Cc1ccccc1Br. The molecule has 4 heteroatoms. The van der Waals surface area contributed by atoms with Crippen molar-refractivity contribution in [3.8, 4) is 0 Å². The topological polar surface area (TPSA) is 26.0 Å². The molecule has 0 amide bonds. The van der Waals surface area contributed by atoms with Gasteiger partial charge in [-0.15, -0.1) is 0 Å². The number of hydrogen-bond acceptors (Lipinski definition) is 1. The quantitative estimate of drug-likeness (QED) is 0.878. The first-order chi connectivity index (χ1) is 9.06. The van der Waals surface area contributed by atoms with E-state index in [-0.39, 0.29) is 11.1 Å². The summed E-state index contributed by atoms with van der Waals surface area (Å²) >= 11 is 9.26. The Balaban J connectivity index is 2.03. The summed E-state index contributed by atoms with van der Waals surface area (Å²) in [6.45, 7) is 0. The second-order valence-electron chi connectivity index (χ2n) is 4.51. The molecule has 2 aromatic carbocycles. The molecule has 2 rings (SSSR count). The van der Waals surface area contributed by atoms with Crippen LogP contribution in [0.4, 0.5) is 4.39 Å². The smallest absolute Gasteiger partial charge is 0.141 e. The first-order valence-corrected chi connectivity index (χ1v) is 7.16. The zero-order valence-electron chi connectivity index (χ0n) is 10.2. The lowest BCUT2D eigenvalue weighted by molar-refractivity contribution is 0.624. The lowest BCUT2D eigenvalue weighted by Gasteiger charge is -2.13. The van der Waals surface area contributed by atoms with Gasteiger partial charge in [0.25, 0.3) is 0 Å². The van der Waals surface area contributed by atoms with Gasteiger partial charge in [-0.1, -0.05) is 51.8 Å². The Morgan fingerprint density at radius 1 is 1.16 bits per heavy atom. The normalized spacial score (nSPS) is 12.4. The number of rotatable bonds is 4. The summed E-state index contributed by atoms with van der Waals surface area (Å²) in [7, 11) is 0. The summed E-state index contributed by atoms with van der Waals surface area (Å²) in [4.78, 5) is 0. The van der Waals surface area contributed by atoms with Crippen molar-refractivity contribution >= 4 is 27.5 Å². The number of hydrogen-bond donors (Lipinski definition) is 1. The van der Waals surface area contributed by atoms with Gasteiger partial charge in [-0.2, -0.15) is 0 Å². The average molecular weight is 343 g/mol. The van der Waals surface area contributed by atoms with Gasteiger partial charge in [0, 0.05) is 10.5 Å². The van der Waals surface area contributed by atoms with Gasteiger partial charge in [-0.25, -0.2) is 4.39 Å². The van der Waals surface area contributed by atoms with Crippen LogP contribution in [0.1, 0.15) is 11.1 Å². The van der Waals surface area contributed by atoms with E-state index >= 15 is 0 Å². The van der Waals surface area contributed by atoms with Gasteiger partial charge in [0.2, 0.25) is 0 Å². The average Bonchev–Trinajstić information content (AvgIpc) is 2.37. The molecule has 2 aromatic rings. The van der Waals surface area contributed by atoms with Crippen LogP contribution in [-0.2, 0) is 12.8 Å². The van der Waals surface area contributed by atoms with Gasteiger partial charge >= 0.3 is 0 Å². The Morgan fingerprint density at radius 3 is 2.58 bits per heavy atom. The van der Waals surface area contributed by atoms with Crippen molar-refractivity contribution in [1.29, 1.82) is 0 Å². The first kappa shape index (κ1) is 14.5. The third-order valence-electron chi connectivity index (χ3n) is 2.92. The predicted molar refractivity (Wildman–Crippen MR) is 80.9 cm³/mol. The van der Waals surface area contributed by atoms with Gasteiger partial charge < -0.3 is 5.73 Å². The summed E-state index contributed by atoms with van der Waals surface area (Å²) in [5, 5.41) is 0.144. The lowest BCUT2D eigenvalue weighted by Crippen LogP contribution is -2.25. The van der Waals surface area contributed by atoms with Crippen LogP contribution in [0, 0.1) is 5.82 Å². The highest BCUT2D eigenvalue weighted by Gasteiger charge is 2.09. The minimum atomic E-state index is -0.398. The first-order valence-electron chi connectivity index (χ1n) is 5.99. The van der Waals surface area contributed by atoms with Crippen molar-refractivity contribution < 1.29 is 4.39 Å². The molecule has 0 aliphatic heterocycles. The van der Waals surface area contributed by atoms with Gasteiger partial charge in [-0.3, -0.25) is 0 Å². The third-order valence-corrected chi connectivity index (χ3v) is 3.99. The van der Waals surface area contributed by atoms with Crippen molar-refractivity contribution in [2.24, 2.45) is 5.73 Å². The van der Waals surface area contributed by atoms with Crippen molar-refractivity contribution in [3.05, 3.63) is 68.9 Å². The van der Waals surface area contributed by atoms with Crippen LogP contribution in [0.25, 0.3) is 0 Å². The van der Waals surface area contributed by atoms with E-state index in [0.29, 0.717) is 6.42 Å². The number of halogens is 3. The van der Waals surface area contributed by atoms with Crippen molar-refractivity contribution in [2.45, 2.75) is 18.9 Å². The maximum atomic E-state index is 13.1. The summed E-state index contributed by atoms with van der Waals surface area (Å²) in [6.07, 6.45) is 1.43. The van der Waals surface area contributed by atoms with E-state index in [9.17, 15) is 4.39 Å². The fraction of sp³-hybridized carbons (Fsp3) is 0.200. The largest absolute Gasteiger partial charge is 0.327 e. The molecule has 0 heterocycles. The molecular formula is C15H14BrClFN. The standard InChI is InChI=1S/C15H14BrClFN/c16-13-4-2-1-3-11(13)9-12(19)7-10-5-6-15(18)14(17)8-10/h1-6,8,12H,7,9,19H2. The molecular weight excluding hydrogens is 329 g/mol. The predicted octanol–water partition coefficient (Wildman–Crippen LogP) is 4.35. The Bertz CT molecular complexity index is 574. The van der Waals surface area contributed by atoms with E-state index in [1.54, 1.807) is 12.1 Å². The monoisotopic (exact) mass is 341 g/mol. The van der Waals surface area contributed by atoms with Crippen LogP contribution >= 0.6 is 27.5 Å². The molecule has 1 unspecified atom stereocenters. The maximum absolute atomic E-state index is 13.1. The van der Waals surface area contributed by atoms with Crippen LogP contribution in [0.2, 0.25) is 5.02 Å². The fourth-order valence-corrected chi connectivity index (χ4v) is 2.64. The summed E-state index contributed by atoms with van der Waals surface area (Å²) in [5.74, 6) is -0.398. The molecule has 0 aliphatic rings. The Kier molecular flexibility index (Phi) is 4.97. The van der Waals surface area contributed by atoms with E-state index < -0.39 is 5.82 Å². The summed E-state index contributed by atoms with van der Waals surface area (Å²) < 4.78 is 14.1. The lowest BCUT2D eigenvalue weighted by atomic mass is 10.00. The van der Waals surface area contributed by atoms with Crippen molar-refractivity contribution in [2.75, 3.05) is 0 Å². The van der Waals surface area contributed by atoms with E-state index in [2.05, 4.69) is 15.9 Å². The minimum Gasteiger partial charge on any atom is -0.327 e. The molecule has 0 bridgehead atoms. The molecule has 0 spiro atoms. The Morgan fingerprint density at radius 2 is 1.89 bits per heavy atom. The minimum absolute atomic E-state index is 0.0276. The summed E-state index contributed by atoms with van der Waals surface area (Å²) in [6, 6.07) is 12.7. The van der Waals surface area contributed by atoms with Crippen molar-refractivity contribution in [1.82, 2.24) is 0 Å². The molecule has 1 atom stereocenters. The second kappa shape index (κ2) is 6.51. The number of benzene rings is 2. The Labute approximate surface area is 125 Å². The molecule has 19 heavy (non-hydrogen) atoms. The zero-order valence-corrected chi connectivity index (χ0v) is 12.6. The van der Waals surface area contributed by atoms with Gasteiger partial charge in [0.05, 0.1) is 5.02 Å². The highest BCUT2D eigenvalue weighted by molar-refractivity contribution is 9.10. The summed E-state index contributed by atoms with van der Waals surface area (Å²) in [5.41, 5.74) is 8.26. The second-order valence-corrected chi connectivity index (χ2v) is 5.77. The molecule has 0 aliphatic carbocycles. The molecule has 100 valence electrons. The van der Waals surface area contributed by atoms with Crippen LogP contribution in [0.15, 0.2) is 46.9 Å². The maximum Gasteiger partial charge on any atom is 0.141 e. The highest BCUT2D eigenvalue weighted by Crippen LogP contribution is 2.20. The van der Waals surface area contributed by atoms with E-state index in [1.165, 1.54) is 11.6 Å². The molecule has 2 N–H and O–H groups in total. The highest BCUT2D eigenvalue weighted by atomic mass is 79.9. The van der Waals surface area contributed by atoms with Gasteiger partial charge in [0.1, 0.15) is 5.82 Å². The molecule has 0 saturated carbocycles. The van der Waals surface area contributed by atoms with Crippen LogP contribution in [0.5, 0.6) is 0 Å². The molecule has 0 saturated heterocycles. The number of nitrogens with two attached hydrogens (primary N) is 1. The van der Waals surface area contributed by atoms with Crippen LogP contribution in [-0.4, -0.2) is 6.04 Å². The Hall–Kier alpha value is -0.900. The molecule has 0 radical (unpaired) electrons. The van der Waals surface area contributed by atoms with Crippen molar-refractivity contribution in [3.63, 3.8) is 0 Å². The third kappa shape index (κ3) is 4.03. The van der Waals surface area contributed by atoms with E-state index in [0.717, 1.165) is 16.5 Å². The molecule has 0 fully saturated rings. The van der Waals surface area contributed by atoms with Gasteiger partial charge in [-0.05, 0) is 42.2 Å². The molecule has 1 nitrogen and oxygen atoms in total. The van der Waals surface area contributed by atoms with Gasteiger partial charge in [0.15, 0.2) is 0 Å².